The van der Waals surface area contributed by atoms with Crippen LogP contribution in [0.1, 0.15) is 40.0 Å². The number of aliphatic hydroxyl groups is 1. The number of carbonyl (C=O) groups is 2. The highest BCUT2D eigenvalue weighted by Crippen LogP contribution is 2.36. The van der Waals surface area contributed by atoms with Crippen molar-refractivity contribution in [2.45, 2.75) is 52.2 Å². The van der Waals surface area contributed by atoms with Crippen molar-refractivity contribution >= 4 is 11.9 Å². The van der Waals surface area contributed by atoms with Gasteiger partial charge in [-0.3, -0.25) is 0 Å². The molecule has 1 N–H and O–H groups in total. The number of hydrogen-bond acceptors (Lipinski definition) is 5. The maximum Gasteiger partial charge on any atom is 0.336 e. The van der Waals surface area contributed by atoms with Crippen molar-refractivity contribution in [1.29, 1.82) is 0 Å². The van der Waals surface area contributed by atoms with Crippen molar-refractivity contribution in [3.05, 3.63) is 47.1 Å². The lowest BCUT2D eigenvalue weighted by atomic mass is 9.85. The summed E-state index contributed by atoms with van der Waals surface area (Å²) in [6.45, 7) is 9.13. The molecule has 0 radical (unpaired) electrons. The second-order valence-electron chi connectivity index (χ2n) is 6.64. The molecule has 0 spiro atoms. The predicted molar refractivity (Wildman–Crippen MR) is 94.6 cm³/mol. The molecule has 1 aliphatic carbocycles. The van der Waals surface area contributed by atoms with E-state index in [-0.39, 0.29) is 12.2 Å². The lowest BCUT2D eigenvalue weighted by Crippen LogP contribution is -2.34. The van der Waals surface area contributed by atoms with Crippen LogP contribution in [-0.2, 0) is 19.1 Å². The number of ether oxygens (including phenoxy) is 2. The zero-order valence-electron chi connectivity index (χ0n) is 15.1. The Balaban J connectivity index is 2.37. The van der Waals surface area contributed by atoms with Crippen LogP contribution in [0, 0.1) is 5.92 Å². The molecule has 1 fully saturated rings. The maximum absolute atomic E-state index is 12.3. The smallest absolute Gasteiger partial charge is 0.336 e. The Labute approximate surface area is 148 Å². The van der Waals surface area contributed by atoms with Gasteiger partial charge in [0.25, 0.3) is 0 Å². The van der Waals surface area contributed by atoms with Gasteiger partial charge in [-0.25, -0.2) is 9.59 Å². The fourth-order valence-electron chi connectivity index (χ4n) is 3.22. The minimum absolute atomic E-state index is 0.192. The average Bonchev–Trinajstić information content (AvgIpc) is 2.81. The Bertz CT molecular complexity index is 653. The van der Waals surface area contributed by atoms with Crippen LogP contribution in [-0.4, -0.2) is 35.9 Å². The van der Waals surface area contributed by atoms with E-state index in [1.54, 1.807) is 6.92 Å². The summed E-state index contributed by atoms with van der Waals surface area (Å²) in [6.07, 6.45) is 6.80. The number of rotatable bonds is 3. The summed E-state index contributed by atoms with van der Waals surface area (Å²) in [5.41, 5.74) is 2.73. The average molecular weight is 346 g/mol. The van der Waals surface area contributed by atoms with E-state index in [9.17, 15) is 14.7 Å². The van der Waals surface area contributed by atoms with E-state index in [2.05, 4.69) is 12.7 Å². The zero-order chi connectivity index (χ0) is 18.6. The number of carbonyl (C=O) groups excluding carboxylic acids is 2. The van der Waals surface area contributed by atoms with Crippen molar-refractivity contribution in [2.24, 2.45) is 5.92 Å². The Hall–Kier alpha value is -2.14. The molecule has 0 aromatic heterocycles. The van der Waals surface area contributed by atoms with Crippen LogP contribution >= 0.6 is 0 Å². The van der Waals surface area contributed by atoms with Crippen LogP contribution < -0.4 is 0 Å². The molecular formula is C20H26O5. The minimum Gasteiger partial charge on any atom is -0.458 e. The summed E-state index contributed by atoms with van der Waals surface area (Å²) in [5.74, 6) is -1.45. The fraction of sp³-hybridized carbons (Fsp3) is 0.500. The fourth-order valence-corrected chi connectivity index (χ4v) is 3.22. The van der Waals surface area contributed by atoms with Gasteiger partial charge in [0.15, 0.2) is 0 Å². The molecule has 5 heteroatoms. The second-order valence-corrected chi connectivity index (χ2v) is 6.64. The summed E-state index contributed by atoms with van der Waals surface area (Å²) in [7, 11) is 0. The first-order valence-electron chi connectivity index (χ1n) is 8.57. The summed E-state index contributed by atoms with van der Waals surface area (Å²) in [4.78, 5) is 24.4. The minimum atomic E-state index is -0.577. The van der Waals surface area contributed by atoms with Crippen LogP contribution in [0.3, 0.4) is 0 Å². The van der Waals surface area contributed by atoms with Crippen molar-refractivity contribution in [3.63, 3.8) is 0 Å². The quantitative estimate of drug-likeness (QED) is 0.483. The third kappa shape index (κ3) is 4.48. The van der Waals surface area contributed by atoms with Gasteiger partial charge in [0.05, 0.1) is 18.1 Å². The number of fused-ring (bicyclic) bond motifs is 1. The van der Waals surface area contributed by atoms with Gasteiger partial charge in [-0.2, -0.15) is 0 Å². The highest BCUT2D eigenvalue weighted by molar-refractivity contribution is 5.92. The molecule has 1 saturated heterocycles. The highest BCUT2D eigenvalue weighted by Gasteiger charge is 2.44. The summed E-state index contributed by atoms with van der Waals surface area (Å²) >= 11 is 0. The molecule has 0 aromatic rings. The molecule has 0 saturated carbocycles. The van der Waals surface area contributed by atoms with E-state index < -0.39 is 30.1 Å². The van der Waals surface area contributed by atoms with E-state index >= 15 is 0 Å². The Kier molecular flexibility index (Phi) is 6.37. The first kappa shape index (κ1) is 19.2. The van der Waals surface area contributed by atoms with Gasteiger partial charge in [0.2, 0.25) is 0 Å². The normalized spacial score (nSPS) is 32.0. The van der Waals surface area contributed by atoms with E-state index in [1.807, 2.05) is 19.9 Å². The predicted octanol–water partition coefficient (Wildman–Crippen LogP) is 3.01. The molecule has 3 unspecified atom stereocenters. The van der Waals surface area contributed by atoms with Crippen LogP contribution in [0.2, 0.25) is 0 Å². The SMILES string of the molecule is C=C1C(=O)OC2/C=C(\C)CC/C=C(\C)CC(OC(=O)/C(=C/C)CO)C12. The Morgan fingerprint density at radius 3 is 2.80 bits per heavy atom. The summed E-state index contributed by atoms with van der Waals surface area (Å²) < 4.78 is 11.1. The standard InChI is InChI=1S/C20H26O5/c1-5-15(11-21)20(23)25-17-10-13(3)8-6-7-12(2)9-16-18(17)14(4)19(22)24-16/h5,8-9,16-18,21H,4,6-7,10-11H2,1-3H3/b12-9+,13-8+,15-5+. The monoisotopic (exact) mass is 346 g/mol. The number of aliphatic hydroxyl groups excluding tert-OH is 1. The molecule has 136 valence electrons. The first-order valence-corrected chi connectivity index (χ1v) is 8.57. The molecule has 2 rings (SSSR count). The van der Waals surface area contributed by atoms with Crippen molar-refractivity contribution < 1.29 is 24.2 Å². The Morgan fingerprint density at radius 2 is 2.16 bits per heavy atom. The Morgan fingerprint density at radius 1 is 1.44 bits per heavy atom. The summed E-state index contributed by atoms with van der Waals surface area (Å²) in [6, 6.07) is 0. The molecule has 0 aromatic carbocycles. The number of hydrogen-bond donors (Lipinski definition) is 1. The van der Waals surface area contributed by atoms with E-state index in [1.165, 1.54) is 6.08 Å². The molecule has 0 amide bonds. The number of esters is 2. The van der Waals surface area contributed by atoms with E-state index in [0.717, 1.165) is 24.0 Å². The van der Waals surface area contributed by atoms with Crippen molar-refractivity contribution in [2.75, 3.05) is 6.61 Å². The van der Waals surface area contributed by atoms with Gasteiger partial charge in [-0.05, 0) is 39.7 Å². The third-order valence-corrected chi connectivity index (χ3v) is 4.70. The molecule has 1 aliphatic heterocycles. The lowest BCUT2D eigenvalue weighted by Gasteiger charge is -2.27. The molecular weight excluding hydrogens is 320 g/mol. The van der Waals surface area contributed by atoms with E-state index in [0.29, 0.717) is 12.0 Å². The highest BCUT2D eigenvalue weighted by atomic mass is 16.6. The van der Waals surface area contributed by atoms with Gasteiger partial charge in [-0.15, -0.1) is 0 Å². The molecule has 5 nitrogen and oxygen atoms in total. The van der Waals surface area contributed by atoms with Crippen molar-refractivity contribution in [3.8, 4) is 0 Å². The van der Waals surface area contributed by atoms with Gasteiger partial charge < -0.3 is 14.6 Å². The van der Waals surface area contributed by atoms with E-state index in [4.69, 9.17) is 9.47 Å². The number of allylic oxidation sites excluding steroid dienone is 3. The largest absolute Gasteiger partial charge is 0.458 e. The maximum atomic E-state index is 12.3. The third-order valence-electron chi connectivity index (χ3n) is 4.70. The second kappa shape index (κ2) is 8.30. The van der Waals surface area contributed by atoms with Crippen LogP contribution in [0.25, 0.3) is 0 Å². The summed E-state index contributed by atoms with van der Waals surface area (Å²) in [5, 5.41) is 9.29. The van der Waals surface area contributed by atoms with Gasteiger partial charge in [0, 0.05) is 12.0 Å². The lowest BCUT2D eigenvalue weighted by molar-refractivity contribution is -0.147. The zero-order valence-corrected chi connectivity index (χ0v) is 15.1. The van der Waals surface area contributed by atoms with Gasteiger partial charge in [-0.1, -0.05) is 29.9 Å². The molecule has 2 aliphatic rings. The van der Waals surface area contributed by atoms with Crippen LogP contribution in [0.15, 0.2) is 47.1 Å². The molecule has 0 bridgehead atoms. The van der Waals surface area contributed by atoms with Crippen molar-refractivity contribution in [1.82, 2.24) is 0 Å². The molecule has 25 heavy (non-hydrogen) atoms. The van der Waals surface area contributed by atoms with Gasteiger partial charge >= 0.3 is 11.9 Å². The topological polar surface area (TPSA) is 72.8 Å². The molecule has 3 atom stereocenters. The van der Waals surface area contributed by atoms with Crippen LogP contribution in [0.4, 0.5) is 0 Å². The van der Waals surface area contributed by atoms with Gasteiger partial charge in [0.1, 0.15) is 12.2 Å². The van der Waals surface area contributed by atoms with Crippen LogP contribution in [0.5, 0.6) is 0 Å². The molecule has 1 heterocycles. The first-order chi connectivity index (χ1) is 11.9.